The van der Waals surface area contributed by atoms with Gasteiger partial charge in [-0.3, -0.25) is 4.79 Å². The highest BCUT2D eigenvalue weighted by molar-refractivity contribution is 7.99. The highest BCUT2D eigenvalue weighted by Crippen LogP contribution is 2.15. The molecule has 0 saturated heterocycles. The minimum Gasteiger partial charge on any atom is -0.368 e. The van der Waals surface area contributed by atoms with Crippen molar-refractivity contribution < 1.29 is 4.79 Å². The molecule has 1 rings (SSSR count). The molecule has 3 N–H and O–H groups in total. The maximum absolute atomic E-state index is 11.2. The van der Waals surface area contributed by atoms with Crippen molar-refractivity contribution in [1.29, 1.82) is 0 Å². The number of hydrogen-bond donors (Lipinski definition) is 2. The van der Waals surface area contributed by atoms with Crippen molar-refractivity contribution in [2.24, 2.45) is 5.73 Å². The highest BCUT2D eigenvalue weighted by Gasteiger charge is 2.15. The quantitative estimate of drug-likeness (QED) is 0.721. The van der Waals surface area contributed by atoms with Crippen molar-refractivity contribution in [3.8, 4) is 0 Å². The maximum Gasteiger partial charge on any atom is 0.234 e. The van der Waals surface area contributed by atoms with Crippen molar-refractivity contribution in [3.63, 3.8) is 0 Å². The third-order valence-corrected chi connectivity index (χ3v) is 3.15. The number of amides is 1. The van der Waals surface area contributed by atoms with Crippen LogP contribution < -0.4 is 11.1 Å². The Bertz CT molecular complexity index is 343. The van der Waals surface area contributed by atoms with Crippen LogP contribution in [0.15, 0.2) is 29.4 Å². The van der Waals surface area contributed by atoms with E-state index in [9.17, 15) is 4.79 Å². The molecule has 1 aromatic rings. The molecule has 0 radical (unpaired) electrons. The topological polar surface area (TPSA) is 68.0 Å². The van der Waals surface area contributed by atoms with Gasteiger partial charge in [0.2, 0.25) is 5.91 Å². The molecule has 5 heteroatoms. The molecule has 0 fully saturated rings. The number of carbonyl (C=O) groups excluding carboxylic acids is 1. The van der Waals surface area contributed by atoms with Crippen LogP contribution in [0.25, 0.3) is 0 Å². The fourth-order valence-electron chi connectivity index (χ4n) is 1.42. The summed E-state index contributed by atoms with van der Waals surface area (Å²) in [4.78, 5) is 15.4. The molecule has 1 unspecified atom stereocenters. The summed E-state index contributed by atoms with van der Waals surface area (Å²) in [5.74, 6) is 0.532. The molecule has 94 valence electrons. The highest BCUT2D eigenvalue weighted by atomic mass is 32.2. The van der Waals surface area contributed by atoms with E-state index in [-0.39, 0.29) is 18.0 Å². The number of thioether (sulfide) groups is 1. The third kappa shape index (κ3) is 5.70. The van der Waals surface area contributed by atoms with Crippen molar-refractivity contribution >= 4 is 17.7 Å². The van der Waals surface area contributed by atoms with Crippen LogP contribution in [0.5, 0.6) is 0 Å². The Morgan fingerprint density at radius 2 is 2.29 bits per heavy atom. The Morgan fingerprint density at radius 3 is 2.82 bits per heavy atom. The number of aromatic nitrogens is 1. The van der Waals surface area contributed by atoms with Gasteiger partial charge in [-0.05, 0) is 18.6 Å². The van der Waals surface area contributed by atoms with E-state index in [1.807, 2.05) is 32.0 Å². The van der Waals surface area contributed by atoms with E-state index in [0.717, 1.165) is 17.2 Å². The summed E-state index contributed by atoms with van der Waals surface area (Å²) in [6.07, 6.45) is 2.48. The van der Waals surface area contributed by atoms with E-state index in [1.54, 1.807) is 18.0 Å². The Hall–Kier alpha value is -1.07. The van der Waals surface area contributed by atoms with Crippen LogP contribution in [0.2, 0.25) is 0 Å². The van der Waals surface area contributed by atoms with Crippen molar-refractivity contribution in [3.05, 3.63) is 24.4 Å². The Kier molecular flexibility index (Phi) is 6.00. The van der Waals surface area contributed by atoms with Gasteiger partial charge in [0.05, 0.1) is 11.1 Å². The summed E-state index contributed by atoms with van der Waals surface area (Å²) in [7, 11) is 0. The molecule has 1 amide bonds. The predicted molar refractivity (Wildman–Crippen MR) is 70.8 cm³/mol. The molecule has 17 heavy (non-hydrogen) atoms. The Morgan fingerprint density at radius 1 is 1.53 bits per heavy atom. The van der Waals surface area contributed by atoms with Crippen molar-refractivity contribution in [1.82, 2.24) is 10.3 Å². The standard InChI is InChI=1S/C12H19N3OS/c1-9(2)15-10(12(13)16)6-8-17-11-5-3-4-7-14-11/h3-5,7,9-10,15H,6,8H2,1-2H3,(H2,13,16). The van der Waals surface area contributed by atoms with E-state index >= 15 is 0 Å². The lowest BCUT2D eigenvalue weighted by Crippen LogP contribution is -2.44. The summed E-state index contributed by atoms with van der Waals surface area (Å²) >= 11 is 1.63. The molecule has 1 heterocycles. The molecule has 0 aliphatic rings. The summed E-state index contributed by atoms with van der Waals surface area (Å²) in [6, 6.07) is 5.79. The van der Waals surface area contributed by atoms with E-state index in [0.29, 0.717) is 0 Å². The first kappa shape index (κ1) is 14.0. The second-order valence-corrected chi connectivity index (χ2v) is 5.20. The maximum atomic E-state index is 11.2. The van der Waals surface area contributed by atoms with Gasteiger partial charge >= 0.3 is 0 Å². The Labute approximate surface area is 106 Å². The van der Waals surface area contributed by atoms with Crippen LogP contribution in [0.1, 0.15) is 20.3 Å². The fraction of sp³-hybridized carbons (Fsp3) is 0.500. The summed E-state index contributed by atoms with van der Waals surface area (Å²) in [5.41, 5.74) is 5.34. The molecule has 4 nitrogen and oxygen atoms in total. The lowest BCUT2D eigenvalue weighted by Gasteiger charge is -2.17. The monoisotopic (exact) mass is 253 g/mol. The van der Waals surface area contributed by atoms with Gasteiger partial charge in [0, 0.05) is 18.0 Å². The molecule has 0 aliphatic heterocycles. The number of primary amides is 1. The molecule has 1 aromatic heterocycles. The number of nitrogens with two attached hydrogens (primary N) is 1. The molecule has 0 aliphatic carbocycles. The molecule has 0 aromatic carbocycles. The smallest absolute Gasteiger partial charge is 0.234 e. The average Bonchev–Trinajstić information content (AvgIpc) is 2.28. The van der Waals surface area contributed by atoms with Gasteiger partial charge in [0.1, 0.15) is 0 Å². The third-order valence-electron chi connectivity index (χ3n) is 2.17. The number of nitrogens with zero attached hydrogens (tertiary/aromatic N) is 1. The predicted octanol–water partition coefficient (Wildman–Crippen LogP) is 1.42. The molecule has 0 saturated carbocycles. The number of hydrogen-bond acceptors (Lipinski definition) is 4. The molecule has 0 bridgehead atoms. The lowest BCUT2D eigenvalue weighted by atomic mass is 10.2. The zero-order valence-electron chi connectivity index (χ0n) is 10.2. The summed E-state index contributed by atoms with van der Waals surface area (Å²) in [5, 5.41) is 4.13. The summed E-state index contributed by atoms with van der Waals surface area (Å²) < 4.78 is 0. The molecular formula is C12H19N3OS. The van der Waals surface area contributed by atoms with Crippen LogP contribution in [0.4, 0.5) is 0 Å². The minimum absolute atomic E-state index is 0.257. The first-order chi connectivity index (χ1) is 8.09. The molecular weight excluding hydrogens is 234 g/mol. The van der Waals surface area contributed by atoms with Crippen LogP contribution in [0, 0.1) is 0 Å². The van der Waals surface area contributed by atoms with E-state index in [2.05, 4.69) is 10.3 Å². The van der Waals surface area contributed by atoms with Gasteiger partial charge in [-0.2, -0.15) is 0 Å². The van der Waals surface area contributed by atoms with Gasteiger partial charge in [-0.15, -0.1) is 11.8 Å². The minimum atomic E-state index is -0.291. The number of nitrogens with one attached hydrogen (secondary N) is 1. The number of rotatable bonds is 7. The van der Waals surface area contributed by atoms with Gasteiger partial charge in [0.15, 0.2) is 0 Å². The largest absolute Gasteiger partial charge is 0.368 e. The zero-order valence-corrected chi connectivity index (χ0v) is 11.0. The van der Waals surface area contributed by atoms with Crippen LogP contribution in [0.3, 0.4) is 0 Å². The summed E-state index contributed by atoms with van der Waals surface area (Å²) in [6.45, 7) is 4.00. The van der Waals surface area contributed by atoms with E-state index in [1.165, 1.54) is 0 Å². The SMILES string of the molecule is CC(C)NC(CCSc1ccccn1)C(N)=O. The first-order valence-corrected chi connectivity index (χ1v) is 6.67. The number of pyridine rings is 1. The van der Waals surface area contributed by atoms with Gasteiger partial charge < -0.3 is 11.1 Å². The van der Waals surface area contributed by atoms with Crippen LogP contribution >= 0.6 is 11.8 Å². The van der Waals surface area contributed by atoms with E-state index in [4.69, 9.17) is 5.73 Å². The average molecular weight is 253 g/mol. The van der Waals surface area contributed by atoms with E-state index < -0.39 is 0 Å². The number of carbonyl (C=O) groups is 1. The van der Waals surface area contributed by atoms with Gasteiger partial charge in [-0.25, -0.2) is 4.98 Å². The Balaban J connectivity index is 2.35. The molecule has 1 atom stereocenters. The zero-order chi connectivity index (χ0) is 12.7. The second kappa shape index (κ2) is 7.29. The van der Waals surface area contributed by atoms with Crippen LogP contribution in [-0.4, -0.2) is 28.7 Å². The lowest BCUT2D eigenvalue weighted by molar-refractivity contribution is -0.120. The second-order valence-electron chi connectivity index (χ2n) is 4.08. The van der Waals surface area contributed by atoms with Gasteiger partial charge in [0.25, 0.3) is 0 Å². The first-order valence-electron chi connectivity index (χ1n) is 5.69. The van der Waals surface area contributed by atoms with Crippen molar-refractivity contribution in [2.45, 2.75) is 37.4 Å². The van der Waals surface area contributed by atoms with Gasteiger partial charge in [-0.1, -0.05) is 19.9 Å². The van der Waals surface area contributed by atoms with Crippen LogP contribution in [-0.2, 0) is 4.79 Å². The molecule has 0 spiro atoms. The fourth-order valence-corrected chi connectivity index (χ4v) is 2.30. The normalized spacial score (nSPS) is 12.6. The van der Waals surface area contributed by atoms with Crippen molar-refractivity contribution in [2.75, 3.05) is 5.75 Å².